The van der Waals surface area contributed by atoms with Gasteiger partial charge in [-0.3, -0.25) is 9.88 Å². The zero-order chi connectivity index (χ0) is 16.7. The predicted octanol–water partition coefficient (Wildman–Crippen LogP) is 4.47. The smallest absolute Gasteiger partial charge is 0.0815 e. The van der Waals surface area contributed by atoms with Gasteiger partial charge in [-0.25, -0.2) is 4.98 Å². The standard InChI is InChI=1S/C20H23N3S/c1-13-10-17-6-8-23(9-7-18(17)14(2)22-13)15(3)16-4-5-20-19(11-16)21-12-24-20/h4-5,10-12,15H,6-9H2,1-3H3/t15-/m1/s1. The van der Waals surface area contributed by atoms with Crippen LogP contribution in [-0.2, 0) is 12.8 Å². The van der Waals surface area contributed by atoms with E-state index in [2.05, 4.69) is 59.9 Å². The Hall–Kier alpha value is -1.78. The third kappa shape index (κ3) is 2.85. The van der Waals surface area contributed by atoms with Gasteiger partial charge in [0, 0.05) is 30.5 Å². The van der Waals surface area contributed by atoms with Crippen LogP contribution in [0.15, 0.2) is 29.8 Å². The van der Waals surface area contributed by atoms with Gasteiger partial charge in [-0.2, -0.15) is 0 Å². The Kier molecular flexibility index (Phi) is 4.10. The van der Waals surface area contributed by atoms with E-state index in [1.807, 2.05) is 5.51 Å². The largest absolute Gasteiger partial charge is 0.296 e. The molecule has 3 nitrogen and oxygen atoms in total. The summed E-state index contributed by atoms with van der Waals surface area (Å²) in [6, 6.07) is 9.42. The first-order valence-corrected chi connectivity index (χ1v) is 9.53. The Bertz CT molecular complexity index is 884. The van der Waals surface area contributed by atoms with Crippen molar-refractivity contribution >= 4 is 21.6 Å². The molecule has 1 aromatic carbocycles. The highest BCUT2D eigenvalue weighted by atomic mass is 32.1. The van der Waals surface area contributed by atoms with E-state index in [1.165, 1.54) is 27.1 Å². The lowest BCUT2D eigenvalue weighted by Crippen LogP contribution is -2.29. The molecule has 0 spiro atoms. The number of benzene rings is 1. The van der Waals surface area contributed by atoms with E-state index in [9.17, 15) is 0 Å². The van der Waals surface area contributed by atoms with Crippen LogP contribution in [0.4, 0.5) is 0 Å². The number of hydrogen-bond donors (Lipinski definition) is 0. The van der Waals surface area contributed by atoms with E-state index in [0.29, 0.717) is 6.04 Å². The average molecular weight is 337 g/mol. The minimum absolute atomic E-state index is 0.416. The van der Waals surface area contributed by atoms with Crippen molar-refractivity contribution in [3.05, 3.63) is 57.9 Å². The van der Waals surface area contributed by atoms with Crippen LogP contribution in [0.3, 0.4) is 0 Å². The molecule has 0 fully saturated rings. The lowest BCUT2D eigenvalue weighted by atomic mass is 10.0. The molecule has 1 aliphatic rings. The molecule has 0 saturated carbocycles. The van der Waals surface area contributed by atoms with Gasteiger partial charge < -0.3 is 0 Å². The molecule has 0 radical (unpaired) electrons. The average Bonchev–Trinajstić information content (AvgIpc) is 2.93. The van der Waals surface area contributed by atoms with Crippen molar-refractivity contribution in [3.63, 3.8) is 0 Å². The van der Waals surface area contributed by atoms with Crippen LogP contribution in [-0.4, -0.2) is 28.0 Å². The van der Waals surface area contributed by atoms with Crippen molar-refractivity contribution in [3.8, 4) is 0 Å². The quantitative estimate of drug-likeness (QED) is 0.691. The highest BCUT2D eigenvalue weighted by Crippen LogP contribution is 2.28. The van der Waals surface area contributed by atoms with Crippen LogP contribution < -0.4 is 0 Å². The molecule has 24 heavy (non-hydrogen) atoms. The molecule has 0 amide bonds. The zero-order valence-corrected chi connectivity index (χ0v) is 15.4. The Balaban J connectivity index is 1.58. The molecule has 0 N–H and O–H groups in total. The maximum absolute atomic E-state index is 4.66. The predicted molar refractivity (Wildman–Crippen MR) is 101 cm³/mol. The number of aryl methyl sites for hydroxylation is 2. The maximum atomic E-state index is 4.66. The van der Waals surface area contributed by atoms with Crippen LogP contribution >= 0.6 is 11.3 Å². The summed E-state index contributed by atoms with van der Waals surface area (Å²) in [7, 11) is 0. The highest BCUT2D eigenvalue weighted by molar-refractivity contribution is 7.16. The number of fused-ring (bicyclic) bond motifs is 2. The molecule has 1 atom stereocenters. The Morgan fingerprint density at radius 3 is 2.83 bits per heavy atom. The van der Waals surface area contributed by atoms with Gasteiger partial charge in [0.25, 0.3) is 0 Å². The van der Waals surface area contributed by atoms with Crippen LogP contribution in [0.5, 0.6) is 0 Å². The first kappa shape index (κ1) is 15.7. The summed E-state index contributed by atoms with van der Waals surface area (Å²) in [5.74, 6) is 0. The first-order chi connectivity index (χ1) is 11.6. The summed E-state index contributed by atoms with van der Waals surface area (Å²) in [5.41, 5.74) is 9.73. The summed E-state index contributed by atoms with van der Waals surface area (Å²) < 4.78 is 1.27. The molecule has 124 valence electrons. The summed E-state index contributed by atoms with van der Waals surface area (Å²) >= 11 is 1.71. The van der Waals surface area contributed by atoms with Crippen LogP contribution in [0.1, 0.15) is 41.0 Å². The fraction of sp³-hybridized carbons (Fsp3) is 0.400. The number of aromatic nitrogens is 2. The lowest BCUT2D eigenvalue weighted by molar-refractivity contribution is 0.221. The van der Waals surface area contributed by atoms with Crippen molar-refractivity contribution in [2.45, 2.75) is 39.7 Å². The normalized spacial score (nSPS) is 16.8. The zero-order valence-electron chi connectivity index (χ0n) is 14.5. The highest BCUT2D eigenvalue weighted by Gasteiger charge is 2.21. The fourth-order valence-corrected chi connectivity index (χ4v) is 4.52. The first-order valence-electron chi connectivity index (χ1n) is 8.65. The molecule has 0 unspecified atom stereocenters. The summed E-state index contributed by atoms with van der Waals surface area (Å²) in [5, 5.41) is 0. The van der Waals surface area contributed by atoms with Gasteiger partial charge in [0.2, 0.25) is 0 Å². The van der Waals surface area contributed by atoms with E-state index in [-0.39, 0.29) is 0 Å². The molecule has 1 aliphatic heterocycles. The molecule has 0 aliphatic carbocycles. The SMILES string of the molecule is Cc1cc2c(c(C)n1)CCN([C@H](C)c1ccc3scnc3c1)CC2. The van der Waals surface area contributed by atoms with E-state index < -0.39 is 0 Å². The van der Waals surface area contributed by atoms with Crippen LogP contribution in [0.25, 0.3) is 10.2 Å². The Labute approximate surface area is 147 Å². The molecular formula is C20H23N3S. The van der Waals surface area contributed by atoms with Crippen molar-refractivity contribution < 1.29 is 0 Å². The van der Waals surface area contributed by atoms with Gasteiger partial charge in [0.15, 0.2) is 0 Å². The minimum atomic E-state index is 0.416. The van der Waals surface area contributed by atoms with Gasteiger partial charge in [-0.1, -0.05) is 6.07 Å². The summed E-state index contributed by atoms with van der Waals surface area (Å²) in [4.78, 5) is 11.7. The van der Waals surface area contributed by atoms with Gasteiger partial charge in [-0.05, 0) is 68.5 Å². The second kappa shape index (κ2) is 6.26. The number of pyridine rings is 1. The molecule has 0 bridgehead atoms. The molecule has 0 saturated heterocycles. The van der Waals surface area contributed by atoms with Crippen molar-refractivity contribution in [2.24, 2.45) is 0 Å². The summed E-state index contributed by atoms with van der Waals surface area (Å²) in [6.07, 6.45) is 2.21. The van der Waals surface area contributed by atoms with Gasteiger partial charge in [-0.15, -0.1) is 11.3 Å². The number of rotatable bonds is 2. The Morgan fingerprint density at radius 2 is 1.96 bits per heavy atom. The lowest BCUT2D eigenvalue weighted by Gasteiger charge is -2.28. The fourth-order valence-electron chi connectivity index (χ4n) is 3.86. The van der Waals surface area contributed by atoms with Gasteiger partial charge >= 0.3 is 0 Å². The van der Waals surface area contributed by atoms with E-state index >= 15 is 0 Å². The van der Waals surface area contributed by atoms with Crippen LogP contribution in [0.2, 0.25) is 0 Å². The number of thiazole rings is 1. The molecular weight excluding hydrogens is 314 g/mol. The second-order valence-electron chi connectivity index (χ2n) is 6.78. The molecule has 4 heteroatoms. The topological polar surface area (TPSA) is 29.0 Å². The molecule has 2 aromatic heterocycles. The monoisotopic (exact) mass is 337 g/mol. The van der Waals surface area contributed by atoms with Crippen molar-refractivity contribution in [2.75, 3.05) is 13.1 Å². The van der Waals surface area contributed by atoms with E-state index in [0.717, 1.165) is 37.1 Å². The van der Waals surface area contributed by atoms with Crippen LogP contribution in [0, 0.1) is 13.8 Å². The number of nitrogens with zero attached hydrogens (tertiary/aromatic N) is 3. The third-order valence-electron chi connectivity index (χ3n) is 5.25. The van der Waals surface area contributed by atoms with E-state index in [1.54, 1.807) is 11.3 Å². The third-order valence-corrected chi connectivity index (χ3v) is 6.06. The molecule has 4 rings (SSSR count). The second-order valence-corrected chi connectivity index (χ2v) is 7.66. The van der Waals surface area contributed by atoms with Crippen molar-refractivity contribution in [1.82, 2.24) is 14.9 Å². The van der Waals surface area contributed by atoms with Gasteiger partial charge in [0.1, 0.15) is 0 Å². The number of hydrogen-bond acceptors (Lipinski definition) is 4. The maximum Gasteiger partial charge on any atom is 0.0815 e. The van der Waals surface area contributed by atoms with E-state index in [4.69, 9.17) is 0 Å². The molecule has 3 heterocycles. The minimum Gasteiger partial charge on any atom is -0.296 e. The summed E-state index contributed by atoms with van der Waals surface area (Å²) in [6.45, 7) is 8.77. The van der Waals surface area contributed by atoms with Crippen molar-refractivity contribution in [1.29, 1.82) is 0 Å². The Morgan fingerprint density at radius 1 is 1.12 bits per heavy atom. The molecule has 3 aromatic rings. The van der Waals surface area contributed by atoms with Gasteiger partial charge in [0.05, 0.1) is 15.7 Å².